The molecule has 1 aromatic rings. The molecular weight excluding hydrogens is 226 g/mol. The van der Waals surface area contributed by atoms with Crippen LogP contribution >= 0.6 is 11.8 Å². The first-order chi connectivity index (χ1) is 8.29. The molecule has 0 amide bonds. The summed E-state index contributed by atoms with van der Waals surface area (Å²) in [4.78, 5) is 0. The summed E-state index contributed by atoms with van der Waals surface area (Å²) in [5, 5.41) is 0.871. The van der Waals surface area contributed by atoms with Crippen LogP contribution in [0.25, 0.3) is 0 Å². The predicted molar refractivity (Wildman–Crippen MR) is 77.5 cm³/mol. The van der Waals surface area contributed by atoms with Crippen molar-refractivity contribution in [1.82, 2.24) is 0 Å². The van der Waals surface area contributed by atoms with Crippen LogP contribution in [0.5, 0.6) is 0 Å². The second kappa shape index (κ2) is 6.46. The first-order valence-corrected chi connectivity index (χ1v) is 7.80. The minimum atomic E-state index is 0.201. The Labute approximate surface area is 109 Å². The lowest BCUT2D eigenvalue weighted by molar-refractivity contribution is 0.817. The van der Waals surface area contributed by atoms with Crippen LogP contribution in [-0.4, -0.2) is 11.0 Å². The molecule has 0 radical (unpaired) electrons. The van der Waals surface area contributed by atoms with Gasteiger partial charge in [-0.1, -0.05) is 44.0 Å². The van der Waals surface area contributed by atoms with E-state index in [2.05, 4.69) is 43.0 Å². The maximum absolute atomic E-state index is 6.28. The van der Waals surface area contributed by atoms with E-state index in [9.17, 15) is 0 Å². The Morgan fingerprint density at radius 2 is 2.12 bits per heavy atom. The van der Waals surface area contributed by atoms with Gasteiger partial charge in [0, 0.05) is 17.0 Å². The lowest BCUT2D eigenvalue weighted by atomic mass is 10.0. The number of nitrogens with two attached hydrogens (primary N) is 1. The maximum Gasteiger partial charge on any atom is 0.0386 e. The highest BCUT2D eigenvalue weighted by atomic mass is 32.2. The van der Waals surface area contributed by atoms with Gasteiger partial charge in [0.15, 0.2) is 0 Å². The summed E-state index contributed by atoms with van der Waals surface area (Å²) in [7, 11) is 0. The summed E-state index contributed by atoms with van der Waals surface area (Å²) >= 11 is 2.08. The average molecular weight is 249 g/mol. The van der Waals surface area contributed by atoms with Crippen molar-refractivity contribution >= 4 is 11.8 Å². The van der Waals surface area contributed by atoms with Crippen molar-refractivity contribution in [2.24, 2.45) is 5.73 Å². The maximum atomic E-state index is 6.28. The Morgan fingerprint density at radius 1 is 1.35 bits per heavy atom. The number of hydrogen-bond acceptors (Lipinski definition) is 2. The molecule has 0 aromatic heterocycles. The molecule has 1 fully saturated rings. The molecule has 1 aliphatic rings. The summed E-state index contributed by atoms with van der Waals surface area (Å²) in [5.41, 5.74) is 8.97. The molecule has 94 valence electrons. The van der Waals surface area contributed by atoms with Crippen molar-refractivity contribution in [3.8, 4) is 0 Å². The van der Waals surface area contributed by atoms with Gasteiger partial charge in [-0.05, 0) is 30.4 Å². The summed E-state index contributed by atoms with van der Waals surface area (Å²) in [6, 6.07) is 8.94. The molecule has 2 N–H and O–H groups in total. The smallest absolute Gasteiger partial charge is 0.0386 e. The quantitative estimate of drug-likeness (QED) is 0.856. The predicted octanol–water partition coefficient (Wildman–Crippen LogP) is 3.92. The van der Waals surface area contributed by atoms with Crippen molar-refractivity contribution in [3.63, 3.8) is 0 Å². The highest BCUT2D eigenvalue weighted by Crippen LogP contribution is 2.31. The van der Waals surface area contributed by atoms with E-state index in [1.807, 2.05) is 0 Å². The van der Waals surface area contributed by atoms with Crippen LogP contribution < -0.4 is 5.73 Å². The van der Waals surface area contributed by atoms with Crippen molar-refractivity contribution < 1.29 is 0 Å². The SMILES string of the molecule is CCc1cccc(C(N)CSC2CCCC2)c1. The van der Waals surface area contributed by atoms with Crippen molar-refractivity contribution in [1.29, 1.82) is 0 Å². The van der Waals surface area contributed by atoms with Crippen LogP contribution in [0.4, 0.5) is 0 Å². The van der Waals surface area contributed by atoms with Gasteiger partial charge in [0.05, 0.1) is 0 Å². The van der Waals surface area contributed by atoms with Gasteiger partial charge in [-0.25, -0.2) is 0 Å². The molecule has 1 nitrogen and oxygen atoms in total. The summed E-state index contributed by atoms with van der Waals surface area (Å²) in [5.74, 6) is 1.07. The minimum absolute atomic E-state index is 0.201. The molecule has 0 spiro atoms. The zero-order chi connectivity index (χ0) is 12.1. The molecule has 0 aliphatic heterocycles. The van der Waals surface area contributed by atoms with Crippen LogP contribution in [-0.2, 0) is 6.42 Å². The lowest BCUT2D eigenvalue weighted by Gasteiger charge is -2.15. The van der Waals surface area contributed by atoms with Gasteiger partial charge >= 0.3 is 0 Å². The number of thioether (sulfide) groups is 1. The second-order valence-electron chi connectivity index (χ2n) is 4.94. The first kappa shape index (κ1) is 13.0. The molecule has 1 saturated carbocycles. The minimum Gasteiger partial charge on any atom is -0.323 e. The van der Waals surface area contributed by atoms with Crippen molar-refractivity contribution in [2.75, 3.05) is 5.75 Å². The Morgan fingerprint density at radius 3 is 2.82 bits per heavy atom. The van der Waals surface area contributed by atoms with E-state index in [1.54, 1.807) is 0 Å². The molecule has 1 unspecified atom stereocenters. The highest BCUT2D eigenvalue weighted by Gasteiger charge is 2.17. The topological polar surface area (TPSA) is 26.0 Å². The number of aryl methyl sites for hydroxylation is 1. The molecule has 2 rings (SSSR count). The molecular formula is C15H23NS. The normalized spacial score (nSPS) is 18.5. The summed E-state index contributed by atoms with van der Waals surface area (Å²) in [6.07, 6.45) is 6.71. The third kappa shape index (κ3) is 3.75. The van der Waals surface area contributed by atoms with Gasteiger partial charge < -0.3 is 5.73 Å². The Bertz CT molecular complexity index is 345. The van der Waals surface area contributed by atoms with E-state index in [0.29, 0.717) is 0 Å². The van der Waals surface area contributed by atoms with Crippen molar-refractivity contribution in [2.45, 2.75) is 50.3 Å². The van der Waals surface area contributed by atoms with E-state index >= 15 is 0 Å². The van der Waals surface area contributed by atoms with Crippen LogP contribution in [0, 0.1) is 0 Å². The highest BCUT2D eigenvalue weighted by molar-refractivity contribution is 7.99. The molecule has 0 bridgehead atoms. The molecule has 1 aromatic carbocycles. The molecule has 17 heavy (non-hydrogen) atoms. The van der Waals surface area contributed by atoms with E-state index < -0.39 is 0 Å². The molecule has 2 heteroatoms. The van der Waals surface area contributed by atoms with Crippen LogP contribution in [0.1, 0.15) is 49.8 Å². The van der Waals surface area contributed by atoms with Gasteiger partial charge in [-0.3, -0.25) is 0 Å². The van der Waals surface area contributed by atoms with Crippen LogP contribution in [0.3, 0.4) is 0 Å². The average Bonchev–Trinajstić information content (AvgIpc) is 2.89. The standard InChI is InChI=1S/C15H23NS/c1-2-12-6-5-7-13(10-12)15(16)11-17-14-8-3-4-9-14/h5-7,10,14-15H,2-4,8-9,11,16H2,1H3. The van der Waals surface area contributed by atoms with E-state index in [-0.39, 0.29) is 6.04 Å². The van der Waals surface area contributed by atoms with Gasteiger partial charge in [-0.15, -0.1) is 0 Å². The molecule has 1 atom stereocenters. The van der Waals surface area contributed by atoms with Crippen LogP contribution in [0.2, 0.25) is 0 Å². The van der Waals surface area contributed by atoms with E-state index in [0.717, 1.165) is 17.4 Å². The van der Waals surface area contributed by atoms with Gasteiger partial charge in [0.2, 0.25) is 0 Å². The first-order valence-electron chi connectivity index (χ1n) is 6.75. The Hall–Kier alpha value is -0.470. The Kier molecular flexibility index (Phi) is 4.93. The van der Waals surface area contributed by atoms with Crippen LogP contribution in [0.15, 0.2) is 24.3 Å². The zero-order valence-electron chi connectivity index (χ0n) is 10.7. The summed E-state index contributed by atoms with van der Waals surface area (Å²) < 4.78 is 0. The van der Waals surface area contributed by atoms with Crippen molar-refractivity contribution in [3.05, 3.63) is 35.4 Å². The van der Waals surface area contributed by atoms with E-state index in [1.165, 1.54) is 36.8 Å². The monoisotopic (exact) mass is 249 g/mol. The fourth-order valence-electron chi connectivity index (χ4n) is 2.43. The fraction of sp³-hybridized carbons (Fsp3) is 0.600. The fourth-order valence-corrected chi connectivity index (χ4v) is 3.77. The number of benzene rings is 1. The third-order valence-electron chi connectivity index (χ3n) is 3.60. The molecule has 0 saturated heterocycles. The van der Waals surface area contributed by atoms with E-state index in [4.69, 9.17) is 5.73 Å². The van der Waals surface area contributed by atoms with Gasteiger partial charge in [0.1, 0.15) is 0 Å². The number of hydrogen-bond donors (Lipinski definition) is 1. The zero-order valence-corrected chi connectivity index (χ0v) is 11.5. The lowest BCUT2D eigenvalue weighted by Crippen LogP contribution is -2.15. The largest absolute Gasteiger partial charge is 0.323 e. The van der Waals surface area contributed by atoms with Gasteiger partial charge in [0.25, 0.3) is 0 Å². The molecule has 0 heterocycles. The Balaban J connectivity index is 1.87. The number of rotatable bonds is 5. The van der Waals surface area contributed by atoms with Gasteiger partial charge in [-0.2, -0.15) is 11.8 Å². The molecule has 1 aliphatic carbocycles. The third-order valence-corrected chi connectivity index (χ3v) is 5.10. The second-order valence-corrected chi connectivity index (χ2v) is 6.28. The summed E-state index contributed by atoms with van der Waals surface area (Å²) in [6.45, 7) is 2.19.